The molecule has 49 heavy (non-hydrogen) atoms. The fraction of sp³-hybridized carbons (Fsp3) is 0.159. The van der Waals surface area contributed by atoms with Crippen LogP contribution in [0.4, 0.5) is 0 Å². The van der Waals surface area contributed by atoms with Crippen molar-refractivity contribution in [1.29, 1.82) is 0 Å². The molecule has 4 heterocycles. The number of fused-ring (bicyclic) bond motifs is 4. The summed E-state index contributed by atoms with van der Waals surface area (Å²) < 4.78 is 1.18. The average molecular weight is 832 g/mol. The van der Waals surface area contributed by atoms with Crippen molar-refractivity contribution in [3.05, 3.63) is 148 Å². The average Bonchev–Trinajstić information content (AvgIpc) is 3.59. The number of aryl methyl sites for hydroxylation is 6. The molecule has 0 saturated carbocycles. The number of pyridine rings is 3. The van der Waals surface area contributed by atoms with Gasteiger partial charge in [-0.05, 0) is 93.7 Å². The Balaban J connectivity index is 0.000000208. The molecule has 0 saturated heterocycles. The van der Waals surface area contributed by atoms with Gasteiger partial charge in [-0.1, -0.05) is 85.8 Å². The zero-order valence-electron chi connectivity index (χ0n) is 28.6. The van der Waals surface area contributed by atoms with E-state index in [-0.39, 0.29) is 20.1 Å². The molecule has 0 atom stereocenters. The Kier molecular flexibility index (Phi) is 10.2. The summed E-state index contributed by atoms with van der Waals surface area (Å²) in [5.74, 6) is 0. The van der Waals surface area contributed by atoms with Crippen molar-refractivity contribution in [2.24, 2.45) is 0 Å². The predicted molar refractivity (Wildman–Crippen MR) is 204 cm³/mol. The van der Waals surface area contributed by atoms with Crippen LogP contribution in [0.25, 0.3) is 65.4 Å². The van der Waals surface area contributed by atoms with E-state index in [0.29, 0.717) is 0 Å². The number of thiophene rings is 1. The van der Waals surface area contributed by atoms with Crippen LogP contribution in [0.3, 0.4) is 0 Å². The van der Waals surface area contributed by atoms with E-state index in [0.717, 1.165) is 56.4 Å². The van der Waals surface area contributed by atoms with Crippen LogP contribution in [-0.2, 0) is 26.5 Å². The standard InChI is InChI=1S/C29H21N2S.C15H16N.Ir/c1-3-19-4-5-21-14-22(7-6-20(21)13-19)23-8-10-30-27(16-23)25-15-24-9-11-32-29(24)28-26(25)12-18(2)17-31-28;1-10-5-6-14(7-11(10)2)15-8-12(3)13(4)9-16-15;/h4-14,16-17H,3H2,1-2H3;5,7-9H,1-4H3;/q2*-1;. The van der Waals surface area contributed by atoms with Gasteiger partial charge in [-0.25, -0.2) is 0 Å². The Labute approximate surface area is 306 Å². The van der Waals surface area contributed by atoms with Gasteiger partial charge in [0.1, 0.15) is 0 Å². The van der Waals surface area contributed by atoms with E-state index >= 15 is 0 Å². The monoisotopic (exact) mass is 832 g/mol. The summed E-state index contributed by atoms with van der Waals surface area (Å²) in [5.41, 5.74) is 15.0. The molecule has 0 N–H and O–H groups in total. The minimum absolute atomic E-state index is 0. The summed E-state index contributed by atoms with van der Waals surface area (Å²) in [7, 11) is 0. The summed E-state index contributed by atoms with van der Waals surface area (Å²) in [6, 6.07) is 35.2. The third-order valence-electron chi connectivity index (χ3n) is 9.17. The van der Waals surface area contributed by atoms with Crippen molar-refractivity contribution in [3.8, 4) is 33.6 Å². The molecule has 0 fully saturated rings. The molecule has 4 aromatic carbocycles. The van der Waals surface area contributed by atoms with Crippen LogP contribution in [0.5, 0.6) is 0 Å². The van der Waals surface area contributed by atoms with Crippen LogP contribution >= 0.6 is 11.3 Å². The quantitative estimate of drug-likeness (QED) is 0.166. The summed E-state index contributed by atoms with van der Waals surface area (Å²) in [4.78, 5) is 13.9. The second-order valence-electron chi connectivity index (χ2n) is 12.6. The van der Waals surface area contributed by atoms with E-state index < -0.39 is 0 Å². The Morgan fingerprint density at radius 2 is 1.45 bits per heavy atom. The van der Waals surface area contributed by atoms with Crippen molar-refractivity contribution in [2.45, 2.75) is 48.0 Å². The molecule has 0 unspecified atom stereocenters. The van der Waals surface area contributed by atoms with Gasteiger partial charge in [0.15, 0.2) is 0 Å². The van der Waals surface area contributed by atoms with E-state index in [2.05, 4.69) is 137 Å². The third kappa shape index (κ3) is 7.12. The molecule has 0 aliphatic carbocycles. The normalized spacial score (nSPS) is 11.0. The van der Waals surface area contributed by atoms with Gasteiger partial charge in [-0.2, -0.15) is 11.3 Å². The molecule has 8 rings (SSSR count). The summed E-state index contributed by atoms with van der Waals surface area (Å²) >= 11 is 1.72. The van der Waals surface area contributed by atoms with Crippen molar-refractivity contribution in [3.63, 3.8) is 0 Å². The first-order chi connectivity index (χ1) is 23.3. The van der Waals surface area contributed by atoms with Crippen LogP contribution in [0.2, 0.25) is 0 Å². The molecule has 3 nitrogen and oxygen atoms in total. The van der Waals surface area contributed by atoms with Crippen molar-refractivity contribution >= 4 is 43.1 Å². The topological polar surface area (TPSA) is 38.7 Å². The zero-order chi connectivity index (χ0) is 33.4. The Hall–Kier alpha value is -4.54. The van der Waals surface area contributed by atoms with E-state index in [1.165, 1.54) is 48.9 Å². The maximum Gasteiger partial charge on any atom is 0.0283 e. The second kappa shape index (κ2) is 14.5. The molecular weight excluding hydrogens is 795 g/mol. The molecule has 0 aliphatic rings. The van der Waals surface area contributed by atoms with Crippen LogP contribution in [0, 0.1) is 46.8 Å². The van der Waals surface area contributed by atoms with Gasteiger partial charge in [-0.3, -0.25) is 9.97 Å². The van der Waals surface area contributed by atoms with Gasteiger partial charge < -0.3 is 4.98 Å². The summed E-state index contributed by atoms with van der Waals surface area (Å²) in [6.45, 7) is 12.7. The second-order valence-corrected chi connectivity index (χ2v) is 13.5. The maximum atomic E-state index is 4.76. The van der Waals surface area contributed by atoms with Gasteiger partial charge in [-0.15, -0.1) is 52.4 Å². The molecular formula is C44H37IrN3S-2. The molecule has 8 aromatic rings. The van der Waals surface area contributed by atoms with Gasteiger partial charge in [0, 0.05) is 49.9 Å². The summed E-state index contributed by atoms with van der Waals surface area (Å²) in [5, 5.41) is 6.85. The molecule has 0 aliphatic heterocycles. The molecule has 0 bridgehead atoms. The fourth-order valence-corrected chi connectivity index (χ4v) is 6.83. The SMILES string of the molecule is CCc1ccc2cc(-c3ccnc(-c4[c-]c5ccsc5c5ncc(C)cc45)c3)ccc2c1.Cc1c[c-]c(-c2cc(C)c(C)cn2)cc1C.[Ir]. The minimum Gasteiger partial charge on any atom is -0.304 e. The fourth-order valence-electron chi connectivity index (χ4n) is 5.97. The summed E-state index contributed by atoms with van der Waals surface area (Å²) in [6.07, 6.45) is 6.82. The molecule has 0 spiro atoms. The van der Waals surface area contributed by atoms with Gasteiger partial charge in [0.05, 0.1) is 0 Å². The first kappa shape index (κ1) is 34.3. The first-order valence-corrected chi connectivity index (χ1v) is 17.3. The molecule has 245 valence electrons. The van der Waals surface area contributed by atoms with Crippen molar-refractivity contribution in [1.82, 2.24) is 15.0 Å². The Morgan fingerprint density at radius 3 is 2.24 bits per heavy atom. The first-order valence-electron chi connectivity index (χ1n) is 16.4. The van der Waals surface area contributed by atoms with Crippen molar-refractivity contribution in [2.75, 3.05) is 0 Å². The minimum atomic E-state index is 0. The van der Waals surface area contributed by atoms with Crippen LogP contribution < -0.4 is 0 Å². The third-order valence-corrected chi connectivity index (χ3v) is 10.1. The Bertz CT molecular complexity index is 2410. The maximum absolute atomic E-state index is 4.76. The number of nitrogens with zero attached hydrogens (tertiary/aromatic N) is 3. The van der Waals surface area contributed by atoms with E-state index in [9.17, 15) is 0 Å². The van der Waals surface area contributed by atoms with Gasteiger partial charge >= 0.3 is 0 Å². The molecule has 0 amide bonds. The van der Waals surface area contributed by atoms with Crippen LogP contribution in [0.15, 0.2) is 103 Å². The van der Waals surface area contributed by atoms with Gasteiger partial charge in [0.25, 0.3) is 0 Å². The predicted octanol–water partition coefficient (Wildman–Crippen LogP) is 11.8. The number of hydrogen-bond donors (Lipinski definition) is 0. The van der Waals surface area contributed by atoms with E-state index in [1.54, 1.807) is 11.3 Å². The van der Waals surface area contributed by atoms with Crippen LogP contribution in [0.1, 0.15) is 40.3 Å². The van der Waals surface area contributed by atoms with Crippen molar-refractivity contribution < 1.29 is 20.1 Å². The largest absolute Gasteiger partial charge is 0.304 e. The Morgan fingerprint density at radius 1 is 0.673 bits per heavy atom. The molecule has 4 aromatic heterocycles. The smallest absolute Gasteiger partial charge is 0.0283 e. The van der Waals surface area contributed by atoms with Crippen LogP contribution in [-0.4, -0.2) is 15.0 Å². The number of hydrogen-bond acceptors (Lipinski definition) is 4. The number of aromatic nitrogens is 3. The number of benzene rings is 4. The zero-order valence-corrected chi connectivity index (χ0v) is 31.8. The molecule has 1 radical (unpaired) electrons. The molecule has 5 heteroatoms. The van der Waals surface area contributed by atoms with E-state index in [1.807, 2.05) is 24.7 Å². The van der Waals surface area contributed by atoms with E-state index in [4.69, 9.17) is 9.97 Å². The van der Waals surface area contributed by atoms with Gasteiger partial charge in [0.2, 0.25) is 0 Å². The number of rotatable bonds is 4.